The van der Waals surface area contributed by atoms with E-state index in [-0.39, 0.29) is 6.09 Å². The van der Waals surface area contributed by atoms with Crippen LogP contribution in [-0.2, 0) is 11.2 Å². The van der Waals surface area contributed by atoms with Gasteiger partial charge in [-0.2, -0.15) is 0 Å². The van der Waals surface area contributed by atoms with Crippen molar-refractivity contribution in [2.75, 3.05) is 16.8 Å². The molecule has 0 saturated heterocycles. The van der Waals surface area contributed by atoms with Crippen LogP contribution in [0.3, 0.4) is 0 Å². The fourth-order valence-electron chi connectivity index (χ4n) is 2.53. The van der Waals surface area contributed by atoms with Gasteiger partial charge in [0.1, 0.15) is 17.0 Å². The van der Waals surface area contributed by atoms with Gasteiger partial charge in [-0.05, 0) is 51.0 Å². The molecule has 2 aromatic rings. The lowest BCUT2D eigenvalue weighted by molar-refractivity contribution is 0.0584. The maximum atomic E-state index is 12.3. The molecule has 3 rings (SSSR count). The Kier molecular flexibility index (Phi) is 4.32. The van der Waals surface area contributed by atoms with Gasteiger partial charge in [0, 0.05) is 12.2 Å². The van der Waals surface area contributed by atoms with E-state index < -0.39 is 5.60 Å². The quantitative estimate of drug-likeness (QED) is 0.883. The molecular weight excluding hydrogens is 328 g/mol. The highest BCUT2D eigenvalue weighted by Gasteiger charge is 2.29. The predicted molar refractivity (Wildman–Crippen MR) is 94.1 cm³/mol. The highest BCUT2D eigenvalue weighted by atomic mass is 35.5. The molecule has 24 heavy (non-hydrogen) atoms. The van der Waals surface area contributed by atoms with Crippen molar-refractivity contribution in [2.24, 2.45) is 0 Å². The molecule has 0 bridgehead atoms. The van der Waals surface area contributed by atoms with E-state index in [1.54, 1.807) is 4.90 Å². The van der Waals surface area contributed by atoms with Crippen molar-refractivity contribution in [3.05, 3.63) is 41.3 Å². The Hall–Kier alpha value is -2.34. The lowest BCUT2D eigenvalue weighted by atomic mass is 10.1. The highest BCUT2D eigenvalue weighted by molar-refractivity contribution is 6.32. The maximum Gasteiger partial charge on any atom is 0.414 e. The van der Waals surface area contributed by atoms with E-state index in [0.29, 0.717) is 17.4 Å². The Morgan fingerprint density at radius 3 is 2.88 bits per heavy atom. The molecule has 1 N–H and O–H groups in total. The van der Waals surface area contributed by atoms with Crippen molar-refractivity contribution in [1.29, 1.82) is 0 Å². The van der Waals surface area contributed by atoms with Crippen molar-refractivity contribution in [2.45, 2.75) is 32.8 Å². The minimum atomic E-state index is -0.509. The molecule has 1 aromatic carbocycles. The van der Waals surface area contributed by atoms with Crippen LogP contribution < -0.4 is 10.2 Å². The lowest BCUT2D eigenvalue weighted by Gasteiger charge is -2.24. The third kappa shape index (κ3) is 3.59. The average Bonchev–Trinajstić information content (AvgIpc) is 2.91. The van der Waals surface area contributed by atoms with Gasteiger partial charge in [-0.3, -0.25) is 4.90 Å². The molecule has 1 amide bonds. The van der Waals surface area contributed by atoms with Crippen LogP contribution in [0.25, 0.3) is 0 Å². The zero-order chi connectivity index (χ0) is 17.3. The van der Waals surface area contributed by atoms with Crippen molar-refractivity contribution in [1.82, 2.24) is 9.97 Å². The van der Waals surface area contributed by atoms with E-state index >= 15 is 0 Å². The zero-order valence-electron chi connectivity index (χ0n) is 13.8. The van der Waals surface area contributed by atoms with E-state index in [1.807, 2.05) is 39.0 Å². The Balaban J connectivity index is 1.78. The second-order valence-electron chi connectivity index (χ2n) is 6.57. The van der Waals surface area contributed by atoms with Crippen LogP contribution in [-0.4, -0.2) is 28.2 Å². The zero-order valence-corrected chi connectivity index (χ0v) is 14.6. The summed E-state index contributed by atoms with van der Waals surface area (Å²) in [6.07, 6.45) is 3.43. The van der Waals surface area contributed by atoms with Crippen LogP contribution >= 0.6 is 11.6 Å². The summed E-state index contributed by atoms with van der Waals surface area (Å²) in [4.78, 5) is 21.9. The Labute approximate surface area is 145 Å². The molecule has 7 heteroatoms. The minimum absolute atomic E-state index is 0.319. The lowest BCUT2D eigenvalue weighted by Crippen LogP contribution is -2.35. The number of halogens is 1. The molecule has 0 radical (unpaired) electrons. The number of carbonyl (C=O) groups excluding carboxylic acids is 1. The number of ether oxygens (including phenoxy) is 1. The number of benzene rings is 1. The smallest absolute Gasteiger partial charge is 0.414 e. The predicted octanol–water partition coefficient (Wildman–Crippen LogP) is 4.17. The number of carbonyl (C=O) groups is 1. The van der Waals surface area contributed by atoms with E-state index in [2.05, 4.69) is 15.3 Å². The summed E-state index contributed by atoms with van der Waals surface area (Å²) in [7, 11) is 0. The first-order valence-electron chi connectivity index (χ1n) is 7.69. The first-order chi connectivity index (χ1) is 11.3. The molecule has 0 unspecified atom stereocenters. The monoisotopic (exact) mass is 346 g/mol. The number of nitrogens with one attached hydrogen (secondary N) is 1. The van der Waals surface area contributed by atoms with Crippen LogP contribution in [0.5, 0.6) is 0 Å². The molecule has 0 spiro atoms. The molecule has 1 aliphatic heterocycles. The van der Waals surface area contributed by atoms with Crippen LogP contribution in [0.1, 0.15) is 26.3 Å². The molecule has 6 nitrogen and oxygen atoms in total. The van der Waals surface area contributed by atoms with Gasteiger partial charge in [0.2, 0.25) is 0 Å². The molecular formula is C17H19ClN4O2. The summed E-state index contributed by atoms with van der Waals surface area (Å²) < 4.78 is 5.46. The van der Waals surface area contributed by atoms with Gasteiger partial charge in [0.05, 0.1) is 11.9 Å². The Bertz CT molecular complexity index is 773. The SMILES string of the molecule is CC(C)(C)OC(=O)N1CCc2cc(Nc3ncncc3Cl)ccc21. The Morgan fingerprint density at radius 2 is 2.17 bits per heavy atom. The summed E-state index contributed by atoms with van der Waals surface area (Å²) in [6, 6.07) is 5.79. The standard InChI is InChI=1S/C17H19ClN4O2/c1-17(2,3)24-16(23)22-7-6-11-8-12(4-5-14(11)22)21-15-13(18)9-19-10-20-15/h4-5,8-10H,6-7H2,1-3H3,(H,19,20,21). The largest absolute Gasteiger partial charge is 0.443 e. The summed E-state index contributed by atoms with van der Waals surface area (Å²) in [5, 5.41) is 3.62. The van der Waals surface area contributed by atoms with Gasteiger partial charge < -0.3 is 10.1 Å². The van der Waals surface area contributed by atoms with Gasteiger partial charge in [0.25, 0.3) is 0 Å². The first kappa shape index (κ1) is 16.5. The molecule has 0 saturated carbocycles. The number of rotatable bonds is 2. The third-order valence-electron chi connectivity index (χ3n) is 3.52. The molecule has 2 heterocycles. The summed E-state index contributed by atoms with van der Waals surface area (Å²) in [5.74, 6) is 0.550. The summed E-state index contributed by atoms with van der Waals surface area (Å²) >= 11 is 6.06. The van der Waals surface area contributed by atoms with Crippen LogP contribution in [0.2, 0.25) is 5.02 Å². The van der Waals surface area contributed by atoms with Gasteiger partial charge >= 0.3 is 6.09 Å². The number of anilines is 3. The van der Waals surface area contributed by atoms with Crippen molar-refractivity contribution in [3.63, 3.8) is 0 Å². The molecule has 0 fully saturated rings. The normalized spacial score (nSPS) is 13.6. The number of aromatic nitrogens is 2. The Morgan fingerprint density at radius 1 is 1.38 bits per heavy atom. The highest BCUT2D eigenvalue weighted by Crippen LogP contribution is 2.33. The summed E-state index contributed by atoms with van der Waals surface area (Å²) in [6.45, 7) is 6.20. The van der Waals surface area contributed by atoms with Gasteiger partial charge in [-0.1, -0.05) is 11.6 Å². The average molecular weight is 347 g/mol. The van der Waals surface area contributed by atoms with E-state index in [1.165, 1.54) is 12.5 Å². The molecule has 0 aliphatic carbocycles. The van der Waals surface area contributed by atoms with Crippen LogP contribution in [0.15, 0.2) is 30.7 Å². The van der Waals surface area contributed by atoms with E-state index in [0.717, 1.165) is 23.4 Å². The van der Waals surface area contributed by atoms with Crippen molar-refractivity contribution in [3.8, 4) is 0 Å². The van der Waals surface area contributed by atoms with Crippen LogP contribution in [0.4, 0.5) is 22.0 Å². The van der Waals surface area contributed by atoms with Gasteiger partial charge in [0.15, 0.2) is 5.82 Å². The number of amides is 1. The molecule has 1 aromatic heterocycles. The topological polar surface area (TPSA) is 67.3 Å². The summed E-state index contributed by atoms with van der Waals surface area (Å²) in [5.41, 5.74) is 2.31. The molecule has 126 valence electrons. The third-order valence-corrected chi connectivity index (χ3v) is 3.80. The van der Waals surface area contributed by atoms with E-state index in [9.17, 15) is 4.79 Å². The van der Waals surface area contributed by atoms with Crippen molar-refractivity contribution < 1.29 is 9.53 Å². The van der Waals surface area contributed by atoms with Crippen LogP contribution in [0, 0.1) is 0 Å². The second kappa shape index (κ2) is 6.28. The number of hydrogen-bond donors (Lipinski definition) is 1. The fourth-order valence-corrected chi connectivity index (χ4v) is 2.68. The number of fused-ring (bicyclic) bond motifs is 1. The first-order valence-corrected chi connectivity index (χ1v) is 8.07. The van der Waals surface area contributed by atoms with Gasteiger partial charge in [-0.15, -0.1) is 0 Å². The number of hydrogen-bond acceptors (Lipinski definition) is 5. The molecule has 1 aliphatic rings. The van der Waals surface area contributed by atoms with Crippen molar-refractivity contribution >= 4 is 34.9 Å². The molecule has 0 atom stereocenters. The minimum Gasteiger partial charge on any atom is -0.443 e. The number of nitrogens with zero attached hydrogens (tertiary/aromatic N) is 3. The maximum absolute atomic E-state index is 12.3. The fraction of sp³-hybridized carbons (Fsp3) is 0.353. The van der Waals surface area contributed by atoms with Gasteiger partial charge in [-0.25, -0.2) is 14.8 Å². The second-order valence-corrected chi connectivity index (χ2v) is 6.98. The van der Waals surface area contributed by atoms with E-state index in [4.69, 9.17) is 16.3 Å².